The van der Waals surface area contributed by atoms with E-state index >= 15 is 0 Å². The van der Waals surface area contributed by atoms with Crippen LogP contribution in [0.5, 0.6) is 0 Å². The van der Waals surface area contributed by atoms with Crippen LogP contribution in [0.15, 0.2) is 30.3 Å². The maximum Gasteiger partial charge on any atom is 0.255 e. The fourth-order valence-electron chi connectivity index (χ4n) is 2.60. The van der Waals surface area contributed by atoms with Crippen LogP contribution in [0, 0.1) is 6.92 Å². The number of thioether (sulfide) groups is 1. The largest absolute Gasteiger partial charge is 0.316 e. The van der Waals surface area contributed by atoms with E-state index in [1.165, 1.54) is 11.3 Å². The zero-order chi connectivity index (χ0) is 17.1. The summed E-state index contributed by atoms with van der Waals surface area (Å²) in [7, 11) is 0. The molecule has 1 N–H and O–H groups in total. The van der Waals surface area contributed by atoms with Crippen LogP contribution in [0.4, 0.5) is 5.13 Å². The third-order valence-electron chi connectivity index (χ3n) is 3.92. The molecule has 0 aliphatic carbocycles. The summed E-state index contributed by atoms with van der Waals surface area (Å²) >= 11 is 3.07. The van der Waals surface area contributed by atoms with Crippen molar-refractivity contribution in [1.82, 2.24) is 9.88 Å². The number of nitrogens with zero attached hydrogens (tertiary/aromatic N) is 2. The number of hydrogen-bond donors (Lipinski definition) is 1. The summed E-state index contributed by atoms with van der Waals surface area (Å²) in [5.41, 5.74) is 1.62. The maximum absolute atomic E-state index is 12.6. The van der Waals surface area contributed by atoms with Crippen molar-refractivity contribution in [3.63, 3.8) is 0 Å². The summed E-state index contributed by atoms with van der Waals surface area (Å²) in [6, 6.07) is 8.62. The molecule has 1 fully saturated rings. The van der Waals surface area contributed by atoms with Gasteiger partial charge in [0, 0.05) is 16.2 Å². The van der Waals surface area contributed by atoms with Crippen molar-refractivity contribution in [3.05, 3.63) is 46.5 Å². The van der Waals surface area contributed by atoms with Crippen LogP contribution in [-0.2, 0) is 11.2 Å². The van der Waals surface area contributed by atoms with Gasteiger partial charge in [0.25, 0.3) is 5.91 Å². The minimum atomic E-state index is -0.461. The van der Waals surface area contributed by atoms with E-state index in [2.05, 4.69) is 10.3 Å². The first-order valence-electron chi connectivity index (χ1n) is 7.81. The summed E-state index contributed by atoms with van der Waals surface area (Å²) in [4.78, 5) is 32.5. The summed E-state index contributed by atoms with van der Waals surface area (Å²) in [6.45, 7) is 4.05. The van der Waals surface area contributed by atoms with Gasteiger partial charge in [0.2, 0.25) is 5.91 Å². The summed E-state index contributed by atoms with van der Waals surface area (Å²) in [5, 5.41) is 3.49. The number of anilines is 1. The number of amides is 2. The van der Waals surface area contributed by atoms with E-state index in [4.69, 9.17) is 0 Å². The minimum absolute atomic E-state index is 0.106. The number of thiazole rings is 1. The van der Waals surface area contributed by atoms with Gasteiger partial charge in [-0.25, -0.2) is 4.98 Å². The molecule has 5 nitrogen and oxygen atoms in total. The summed E-state index contributed by atoms with van der Waals surface area (Å²) in [5.74, 6) is 0.865. The van der Waals surface area contributed by atoms with Crippen LogP contribution < -0.4 is 5.32 Å². The summed E-state index contributed by atoms with van der Waals surface area (Å²) < 4.78 is 0. The average Bonchev–Trinajstić information content (AvgIpc) is 3.21. The number of nitrogens with one attached hydrogen (secondary N) is 1. The highest BCUT2D eigenvalue weighted by Crippen LogP contribution is 2.26. The van der Waals surface area contributed by atoms with Gasteiger partial charge in [-0.3, -0.25) is 9.59 Å². The third kappa shape index (κ3) is 3.47. The zero-order valence-electron chi connectivity index (χ0n) is 13.6. The third-order valence-corrected chi connectivity index (χ3v) is 5.86. The minimum Gasteiger partial charge on any atom is -0.316 e. The van der Waals surface area contributed by atoms with Gasteiger partial charge in [-0.2, -0.15) is 0 Å². The Morgan fingerprint density at radius 1 is 1.33 bits per heavy atom. The SMILES string of the molecule is CCc1nc(NC(=O)[C@@H]2CSCN2C(=O)c2ccccc2)sc1C. The van der Waals surface area contributed by atoms with Gasteiger partial charge in [-0.05, 0) is 25.5 Å². The first-order valence-corrected chi connectivity index (χ1v) is 9.78. The molecule has 2 aromatic rings. The Hall–Kier alpha value is -1.86. The Bertz CT molecular complexity index is 746. The standard InChI is InChI=1S/C17H19N3O2S2/c1-3-13-11(2)24-17(18-13)19-15(21)14-9-23-10-20(14)16(22)12-7-5-4-6-8-12/h4-8,14H,3,9-10H2,1-2H3,(H,18,19,21)/t14-/m0/s1. The topological polar surface area (TPSA) is 62.3 Å². The first-order chi connectivity index (χ1) is 11.6. The molecular formula is C17H19N3O2S2. The lowest BCUT2D eigenvalue weighted by Gasteiger charge is -2.22. The highest BCUT2D eigenvalue weighted by molar-refractivity contribution is 7.99. The van der Waals surface area contributed by atoms with Crippen molar-refractivity contribution in [2.75, 3.05) is 16.9 Å². The van der Waals surface area contributed by atoms with Crippen molar-refractivity contribution in [2.45, 2.75) is 26.3 Å². The molecule has 0 saturated carbocycles. The van der Waals surface area contributed by atoms with Crippen molar-refractivity contribution in [3.8, 4) is 0 Å². The van der Waals surface area contributed by atoms with Gasteiger partial charge in [0.05, 0.1) is 11.6 Å². The molecule has 2 heterocycles. The van der Waals surface area contributed by atoms with Crippen molar-refractivity contribution >= 4 is 40.0 Å². The zero-order valence-corrected chi connectivity index (χ0v) is 15.2. The number of carbonyl (C=O) groups excluding carboxylic acids is 2. The van der Waals surface area contributed by atoms with Crippen molar-refractivity contribution in [2.24, 2.45) is 0 Å². The lowest BCUT2D eigenvalue weighted by Crippen LogP contribution is -2.44. The highest BCUT2D eigenvalue weighted by Gasteiger charge is 2.35. The number of aryl methyl sites for hydroxylation is 2. The molecule has 1 aromatic carbocycles. The number of aromatic nitrogens is 1. The number of carbonyl (C=O) groups is 2. The first kappa shape index (κ1) is 17.0. The van der Waals surface area contributed by atoms with Gasteiger partial charge in [0.15, 0.2) is 5.13 Å². The normalized spacial score (nSPS) is 17.1. The van der Waals surface area contributed by atoms with E-state index in [-0.39, 0.29) is 11.8 Å². The molecule has 1 saturated heterocycles. The average molecular weight is 361 g/mol. The van der Waals surface area contributed by atoms with Crippen LogP contribution in [0.2, 0.25) is 0 Å². The Morgan fingerprint density at radius 3 is 2.75 bits per heavy atom. The van der Waals surface area contributed by atoms with Crippen LogP contribution in [0.1, 0.15) is 27.9 Å². The van der Waals surface area contributed by atoms with E-state index in [0.717, 1.165) is 17.0 Å². The molecule has 126 valence electrons. The Labute approximate surface area is 149 Å². The molecule has 0 unspecified atom stereocenters. The van der Waals surface area contributed by atoms with E-state index in [1.54, 1.807) is 28.8 Å². The molecule has 1 aliphatic heterocycles. The molecule has 3 rings (SSSR count). The predicted octanol–water partition coefficient (Wildman–Crippen LogP) is 3.17. The number of rotatable bonds is 4. The molecule has 24 heavy (non-hydrogen) atoms. The van der Waals surface area contributed by atoms with Crippen LogP contribution in [0.25, 0.3) is 0 Å². The van der Waals surface area contributed by atoms with Crippen LogP contribution in [-0.4, -0.2) is 39.4 Å². The molecule has 0 spiro atoms. The van der Waals surface area contributed by atoms with Gasteiger partial charge >= 0.3 is 0 Å². The lowest BCUT2D eigenvalue weighted by molar-refractivity contribution is -0.119. The van der Waals surface area contributed by atoms with Gasteiger partial charge < -0.3 is 10.2 Å². The second-order valence-corrected chi connectivity index (χ2v) is 7.72. The van der Waals surface area contributed by atoms with E-state index < -0.39 is 6.04 Å². The Morgan fingerprint density at radius 2 is 2.08 bits per heavy atom. The Balaban J connectivity index is 1.72. The van der Waals surface area contributed by atoms with Gasteiger partial charge in [0.1, 0.15) is 6.04 Å². The van der Waals surface area contributed by atoms with E-state index in [1.807, 2.05) is 32.0 Å². The van der Waals surface area contributed by atoms with Crippen molar-refractivity contribution in [1.29, 1.82) is 0 Å². The Kier molecular flexibility index (Phi) is 5.20. The highest BCUT2D eigenvalue weighted by atomic mass is 32.2. The molecule has 0 radical (unpaired) electrons. The number of hydrogen-bond acceptors (Lipinski definition) is 5. The lowest BCUT2D eigenvalue weighted by atomic mass is 10.1. The molecule has 0 bridgehead atoms. The maximum atomic E-state index is 12.6. The molecule has 1 aromatic heterocycles. The second kappa shape index (κ2) is 7.36. The van der Waals surface area contributed by atoms with E-state index in [9.17, 15) is 9.59 Å². The van der Waals surface area contributed by atoms with Crippen LogP contribution >= 0.6 is 23.1 Å². The van der Waals surface area contributed by atoms with Gasteiger partial charge in [-0.1, -0.05) is 25.1 Å². The fraction of sp³-hybridized carbons (Fsp3) is 0.353. The number of benzene rings is 1. The molecule has 7 heteroatoms. The molecular weight excluding hydrogens is 342 g/mol. The molecule has 2 amide bonds. The second-order valence-electron chi connectivity index (χ2n) is 5.52. The molecule has 1 aliphatic rings. The van der Waals surface area contributed by atoms with Crippen LogP contribution in [0.3, 0.4) is 0 Å². The van der Waals surface area contributed by atoms with E-state index in [0.29, 0.717) is 22.3 Å². The quantitative estimate of drug-likeness (QED) is 0.909. The van der Waals surface area contributed by atoms with Gasteiger partial charge in [-0.15, -0.1) is 23.1 Å². The molecule has 1 atom stereocenters. The smallest absolute Gasteiger partial charge is 0.255 e. The monoisotopic (exact) mass is 361 g/mol. The van der Waals surface area contributed by atoms with Crippen molar-refractivity contribution < 1.29 is 9.59 Å². The fourth-order valence-corrected chi connectivity index (χ4v) is 4.66. The summed E-state index contributed by atoms with van der Waals surface area (Å²) in [6.07, 6.45) is 0.843. The predicted molar refractivity (Wildman–Crippen MR) is 98.6 cm³/mol.